The average molecular weight is 1120 g/mol. The van der Waals surface area contributed by atoms with Crippen LogP contribution in [0.25, 0.3) is 94.3 Å². The fourth-order valence-corrected chi connectivity index (χ4v) is 14.7. The van der Waals surface area contributed by atoms with Crippen LogP contribution in [0.2, 0.25) is 0 Å². The number of aromatic nitrogens is 1. The van der Waals surface area contributed by atoms with Gasteiger partial charge in [-0.25, -0.2) is 0 Å². The van der Waals surface area contributed by atoms with Crippen LogP contribution in [0.1, 0.15) is 106 Å². The molecule has 12 rings (SSSR count). The van der Waals surface area contributed by atoms with Crippen LogP contribution in [0.5, 0.6) is 0 Å². The quantitative estimate of drug-likeness (QED) is 0.146. The van der Waals surface area contributed by atoms with Crippen LogP contribution in [0.15, 0.2) is 152 Å². The lowest BCUT2D eigenvalue weighted by molar-refractivity contribution is -0.142. The van der Waals surface area contributed by atoms with Gasteiger partial charge in [-0.15, -0.1) is 0 Å². The van der Waals surface area contributed by atoms with E-state index in [1.165, 1.54) is 6.07 Å². The minimum atomic E-state index is -5.23. The highest BCUT2D eigenvalue weighted by molar-refractivity contribution is 6.12. The molecule has 0 aliphatic heterocycles. The normalized spacial score (nSPS) is 12.6. The van der Waals surface area contributed by atoms with Crippen LogP contribution in [-0.4, -0.2) is 4.57 Å². The standard InChI is InChI=1S/C76H62F6N2/c1-39-24-43(5)69(44(6)25-39)51-16-20-56-57-21-17-52(70-45(7)26-40(2)27-46(70)8)33-62(57)73(61(56)32-51)63-37-60(74-64(75(77,78)79)14-13-15-65(74)76(80,81)82)55(38-83)36-68(63)84-66-34-53(71-47(9)28-41(3)29-48(71)10)18-22-58(66)59-23-19-54(35-67(59)84)72-49(11)30-42(4)31-50(72)12/h13-37,73H,1-12H3. The highest BCUT2D eigenvalue weighted by Crippen LogP contribution is 2.55. The molecule has 2 nitrogen and oxygen atoms in total. The van der Waals surface area contributed by atoms with E-state index in [0.29, 0.717) is 23.4 Å². The Morgan fingerprint density at radius 3 is 1.02 bits per heavy atom. The van der Waals surface area contributed by atoms with Crippen molar-refractivity contribution < 1.29 is 26.3 Å². The Morgan fingerprint density at radius 2 is 0.690 bits per heavy atom. The van der Waals surface area contributed by atoms with Gasteiger partial charge in [-0.1, -0.05) is 125 Å². The molecule has 418 valence electrons. The van der Waals surface area contributed by atoms with Gasteiger partial charge in [-0.3, -0.25) is 0 Å². The molecule has 8 heteroatoms. The lowest BCUT2D eigenvalue weighted by atomic mass is 9.81. The molecule has 0 fully saturated rings. The Morgan fingerprint density at radius 1 is 0.357 bits per heavy atom. The minimum Gasteiger partial charge on any atom is -0.309 e. The smallest absolute Gasteiger partial charge is 0.309 e. The number of hydrogen-bond donors (Lipinski definition) is 0. The van der Waals surface area contributed by atoms with E-state index in [4.69, 9.17) is 0 Å². The summed E-state index contributed by atoms with van der Waals surface area (Å²) in [6.45, 7) is 25.0. The number of rotatable bonds is 7. The van der Waals surface area contributed by atoms with Gasteiger partial charge in [0.05, 0.1) is 39.5 Å². The summed E-state index contributed by atoms with van der Waals surface area (Å²) in [5.41, 5.74) is 21.8. The highest BCUT2D eigenvalue weighted by atomic mass is 19.4. The summed E-state index contributed by atoms with van der Waals surface area (Å²) in [6.07, 6.45) is -10.5. The zero-order chi connectivity index (χ0) is 59.7. The maximum absolute atomic E-state index is 15.6. The molecule has 11 aromatic rings. The predicted octanol–water partition coefficient (Wildman–Crippen LogP) is 21.9. The first-order chi connectivity index (χ1) is 39.8. The van der Waals surface area contributed by atoms with Crippen LogP contribution in [0.4, 0.5) is 26.3 Å². The van der Waals surface area contributed by atoms with E-state index in [0.717, 1.165) is 161 Å². The molecular formula is C76H62F6N2. The first-order valence-electron chi connectivity index (χ1n) is 28.4. The molecule has 0 atom stereocenters. The summed E-state index contributed by atoms with van der Waals surface area (Å²) < 4.78 is 95.9. The molecule has 84 heavy (non-hydrogen) atoms. The van der Waals surface area contributed by atoms with E-state index in [2.05, 4.69) is 215 Å². The van der Waals surface area contributed by atoms with Crippen LogP contribution >= 0.6 is 0 Å². The summed E-state index contributed by atoms with van der Waals surface area (Å²) in [6, 6.07) is 50.0. The van der Waals surface area contributed by atoms with Gasteiger partial charge in [0.2, 0.25) is 0 Å². The lowest BCUT2D eigenvalue weighted by Gasteiger charge is -2.26. The summed E-state index contributed by atoms with van der Waals surface area (Å²) >= 11 is 0. The monoisotopic (exact) mass is 1120 g/mol. The van der Waals surface area contributed by atoms with Crippen LogP contribution in [0, 0.1) is 94.4 Å². The van der Waals surface area contributed by atoms with Gasteiger partial charge in [-0.05, 0) is 248 Å². The zero-order valence-electron chi connectivity index (χ0n) is 49.2. The van der Waals surface area contributed by atoms with Gasteiger partial charge in [0.1, 0.15) is 0 Å². The van der Waals surface area contributed by atoms with Gasteiger partial charge in [-0.2, -0.15) is 31.6 Å². The Kier molecular flexibility index (Phi) is 13.3. The number of benzene rings is 10. The molecule has 10 aromatic carbocycles. The van der Waals surface area contributed by atoms with Crippen molar-refractivity contribution in [2.24, 2.45) is 0 Å². The largest absolute Gasteiger partial charge is 0.417 e. The third-order valence-corrected chi connectivity index (χ3v) is 17.4. The second-order valence-corrected chi connectivity index (χ2v) is 23.7. The number of alkyl halides is 6. The molecular weight excluding hydrogens is 1050 g/mol. The van der Waals surface area contributed by atoms with Crippen molar-refractivity contribution in [1.29, 1.82) is 5.26 Å². The Labute approximate surface area is 487 Å². The van der Waals surface area contributed by atoms with E-state index in [-0.39, 0.29) is 5.56 Å². The molecule has 1 aromatic heterocycles. The maximum Gasteiger partial charge on any atom is 0.417 e. The van der Waals surface area contributed by atoms with Gasteiger partial charge in [0, 0.05) is 27.8 Å². The SMILES string of the molecule is Cc1cc(C)c(-c2ccc3c(c2)C(c2cc(-c4c(C(F)(F)F)cccc4C(F)(F)F)c(C#N)cc2-n2c4cc(-c5c(C)cc(C)cc5C)ccc4c4ccc(-c5c(C)cc(C)cc5C)cc42)c2cc(-c4c(C)cc(C)cc4C)ccc2-3)c(C)c1. The van der Waals surface area contributed by atoms with Gasteiger partial charge >= 0.3 is 12.4 Å². The molecule has 1 aliphatic rings. The van der Waals surface area contributed by atoms with Gasteiger partial charge in [0.25, 0.3) is 0 Å². The third-order valence-electron chi connectivity index (χ3n) is 17.4. The summed E-state index contributed by atoms with van der Waals surface area (Å²) in [4.78, 5) is 0. The van der Waals surface area contributed by atoms with E-state index >= 15 is 26.3 Å². The van der Waals surface area contributed by atoms with Crippen molar-refractivity contribution in [3.63, 3.8) is 0 Å². The van der Waals surface area contributed by atoms with E-state index in [1.807, 2.05) is 0 Å². The number of nitrogens with zero attached hydrogens (tertiary/aromatic N) is 2. The highest BCUT2D eigenvalue weighted by Gasteiger charge is 2.43. The Bertz CT molecular complexity index is 4320. The number of fused-ring (bicyclic) bond motifs is 6. The lowest BCUT2D eigenvalue weighted by Crippen LogP contribution is -2.15. The van der Waals surface area contributed by atoms with Gasteiger partial charge < -0.3 is 4.57 Å². The van der Waals surface area contributed by atoms with Crippen molar-refractivity contribution >= 4 is 21.8 Å². The number of nitriles is 1. The van der Waals surface area contributed by atoms with Crippen molar-refractivity contribution in [2.45, 2.75) is 101 Å². The number of hydrogen-bond acceptors (Lipinski definition) is 1. The topological polar surface area (TPSA) is 28.7 Å². The van der Waals surface area contributed by atoms with Crippen molar-refractivity contribution in [3.05, 3.63) is 252 Å². The Balaban J connectivity index is 1.29. The zero-order valence-corrected chi connectivity index (χ0v) is 49.2. The van der Waals surface area contributed by atoms with Crippen molar-refractivity contribution in [1.82, 2.24) is 4.57 Å². The molecule has 1 aliphatic carbocycles. The van der Waals surface area contributed by atoms with Crippen LogP contribution in [0.3, 0.4) is 0 Å². The summed E-state index contributed by atoms with van der Waals surface area (Å²) in [7, 11) is 0. The average Bonchev–Trinajstić information content (AvgIpc) is 1.68. The van der Waals surface area contributed by atoms with Gasteiger partial charge in [0.15, 0.2) is 0 Å². The molecule has 0 saturated heterocycles. The molecule has 0 amide bonds. The fourth-order valence-electron chi connectivity index (χ4n) is 14.7. The van der Waals surface area contributed by atoms with Crippen LogP contribution in [-0.2, 0) is 12.4 Å². The van der Waals surface area contributed by atoms with E-state index in [1.54, 1.807) is 6.07 Å². The van der Waals surface area contributed by atoms with Crippen LogP contribution < -0.4 is 0 Å². The summed E-state index contributed by atoms with van der Waals surface area (Å²) in [5.74, 6) is -0.803. The van der Waals surface area contributed by atoms with E-state index in [9.17, 15) is 5.26 Å². The molecule has 0 bridgehead atoms. The molecule has 0 N–H and O–H groups in total. The molecule has 0 unspecified atom stereocenters. The first-order valence-corrected chi connectivity index (χ1v) is 28.4. The summed E-state index contributed by atoms with van der Waals surface area (Å²) in [5, 5.41) is 13.2. The number of aryl methyl sites for hydroxylation is 12. The second-order valence-electron chi connectivity index (χ2n) is 23.7. The van der Waals surface area contributed by atoms with Crippen molar-refractivity contribution in [3.8, 4) is 78.5 Å². The Hall–Kier alpha value is -8.93. The van der Waals surface area contributed by atoms with E-state index < -0.39 is 40.5 Å². The third kappa shape index (κ3) is 9.20. The second kappa shape index (κ2) is 20.2. The maximum atomic E-state index is 15.6. The van der Waals surface area contributed by atoms with Crippen molar-refractivity contribution in [2.75, 3.05) is 0 Å². The predicted molar refractivity (Wildman–Crippen MR) is 332 cm³/mol. The molecule has 0 radical (unpaired) electrons. The molecule has 0 saturated carbocycles. The molecule has 0 spiro atoms. The molecule has 1 heterocycles. The minimum absolute atomic E-state index is 0.341. The number of halogens is 6. The first kappa shape index (κ1) is 55.6. The fraction of sp³-hybridized carbons (Fsp3) is 0.197.